The molecule has 0 fully saturated rings. The number of amides is 1. The second-order valence-corrected chi connectivity index (χ2v) is 5.67. The van der Waals surface area contributed by atoms with Crippen molar-refractivity contribution < 1.29 is 9.18 Å². The summed E-state index contributed by atoms with van der Waals surface area (Å²) < 4.78 is 13.6. The number of rotatable bonds is 6. The van der Waals surface area contributed by atoms with Crippen molar-refractivity contribution in [2.45, 2.75) is 6.42 Å². The Labute approximate surface area is 146 Å². The molecule has 3 rings (SSSR count). The van der Waals surface area contributed by atoms with E-state index in [2.05, 4.69) is 10.6 Å². The molecule has 2 N–H and O–H groups in total. The van der Waals surface area contributed by atoms with Crippen molar-refractivity contribution >= 4 is 17.3 Å². The van der Waals surface area contributed by atoms with E-state index in [-0.39, 0.29) is 11.7 Å². The van der Waals surface area contributed by atoms with Gasteiger partial charge in [-0.1, -0.05) is 36.4 Å². The van der Waals surface area contributed by atoms with Crippen LogP contribution in [0.4, 0.5) is 15.8 Å². The van der Waals surface area contributed by atoms with Gasteiger partial charge < -0.3 is 10.6 Å². The van der Waals surface area contributed by atoms with Crippen LogP contribution in [0.5, 0.6) is 0 Å². The molecule has 0 aromatic heterocycles. The molecule has 0 unspecified atom stereocenters. The molecule has 0 atom stereocenters. The fourth-order valence-electron chi connectivity index (χ4n) is 2.51. The van der Waals surface area contributed by atoms with E-state index in [4.69, 9.17) is 0 Å². The smallest absolute Gasteiger partial charge is 0.255 e. The Balaban J connectivity index is 1.52. The van der Waals surface area contributed by atoms with Crippen molar-refractivity contribution in [2.24, 2.45) is 0 Å². The number of carbonyl (C=O) groups is 1. The summed E-state index contributed by atoms with van der Waals surface area (Å²) in [6, 6.07) is 23.3. The lowest BCUT2D eigenvalue weighted by atomic mass is 10.1. The number of carbonyl (C=O) groups excluding carboxylic acids is 1. The third-order valence-corrected chi connectivity index (χ3v) is 3.86. The Kier molecular flexibility index (Phi) is 5.42. The Morgan fingerprint density at radius 1 is 0.800 bits per heavy atom. The number of nitrogens with one attached hydrogen (secondary N) is 2. The lowest BCUT2D eigenvalue weighted by Gasteiger charge is -2.09. The van der Waals surface area contributed by atoms with E-state index in [0.717, 1.165) is 11.4 Å². The molecule has 0 bridgehead atoms. The second-order valence-electron chi connectivity index (χ2n) is 5.67. The molecule has 0 aliphatic carbocycles. The monoisotopic (exact) mass is 334 g/mol. The van der Waals surface area contributed by atoms with Crippen molar-refractivity contribution in [3.05, 3.63) is 95.8 Å². The van der Waals surface area contributed by atoms with Crippen molar-refractivity contribution in [3.8, 4) is 0 Å². The molecule has 25 heavy (non-hydrogen) atoms. The number of benzene rings is 3. The van der Waals surface area contributed by atoms with Crippen LogP contribution in [0.2, 0.25) is 0 Å². The average Bonchev–Trinajstić information content (AvgIpc) is 2.65. The second kappa shape index (κ2) is 8.11. The van der Waals surface area contributed by atoms with Gasteiger partial charge in [-0.15, -0.1) is 0 Å². The molecule has 3 nitrogen and oxygen atoms in total. The Morgan fingerprint density at radius 3 is 2.16 bits per heavy atom. The molecular formula is C21H19FN2O. The fraction of sp³-hybridized carbons (Fsp3) is 0.0952. The highest BCUT2D eigenvalue weighted by molar-refractivity contribution is 6.04. The minimum Gasteiger partial charge on any atom is -0.385 e. The van der Waals surface area contributed by atoms with Crippen molar-refractivity contribution in [1.82, 2.24) is 0 Å². The predicted molar refractivity (Wildman–Crippen MR) is 99.4 cm³/mol. The summed E-state index contributed by atoms with van der Waals surface area (Å²) in [4.78, 5) is 12.1. The van der Waals surface area contributed by atoms with Gasteiger partial charge >= 0.3 is 0 Å². The first kappa shape index (κ1) is 16.7. The number of hydrogen-bond acceptors (Lipinski definition) is 2. The summed E-state index contributed by atoms with van der Waals surface area (Å²) in [5.74, 6) is -0.316. The van der Waals surface area contributed by atoms with Gasteiger partial charge in [0.1, 0.15) is 5.82 Å². The van der Waals surface area contributed by atoms with Crippen LogP contribution < -0.4 is 10.6 Å². The molecule has 0 spiro atoms. The van der Waals surface area contributed by atoms with Gasteiger partial charge in [0.15, 0.2) is 0 Å². The molecule has 0 aliphatic rings. The van der Waals surface area contributed by atoms with Gasteiger partial charge in [-0.3, -0.25) is 4.79 Å². The van der Waals surface area contributed by atoms with Crippen LogP contribution in [-0.4, -0.2) is 12.5 Å². The Morgan fingerprint density at radius 2 is 1.44 bits per heavy atom. The fourth-order valence-corrected chi connectivity index (χ4v) is 2.51. The largest absolute Gasteiger partial charge is 0.385 e. The van der Waals surface area contributed by atoms with Crippen molar-refractivity contribution in [1.29, 1.82) is 0 Å². The number of hydrogen-bond donors (Lipinski definition) is 2. The maximum absolute atomic E-state index is 13.6. The van der Waals surface area contributed by atoms with Crippen LogP contribution >= 0.6 is 0 Å². The SMILES string of the molecule is O=C(Nc1ccc(NCCc2ccccc2F)cc1)c1ccccc1. The van der Waals surface area contributed by atoms with Gasteiger partial charge in [-0.2, -0.15) is 0 Å². The third kappa shape index (κ3) is 4.67. The molecule has 126 valence electrons. The summed E-state index contributed by atoms with van der Waals surface area (Å²) in [7, 11) is 0. The van der Waals surface area contributed by atoms with Gasteiger partial charge in [-0.25, -0.2) is 4.39 Å². The van der Waals surface area contributed by atoms with Gasteiger partial charge in [0.25, 0.3) is 5.91 Å². The first-order chi connectivity index (χ1) is 12.2. The summed E-state index contributed by atoms with van der Waals surface area (Å²) in [5.41, 5.74) is 2.97. The minimum absolute atomic E-state index is 0.138. The molecular weight excluding hydrogens is 315 g/mol. The molecule has 3 aromatic carbocycles. The predicted octanol–water partition coefficient (Wildman–Crippen LogP) is 4.73. The first-order valence-electron chi connectivity index (χ1n) is 8.16. The maximum atomic E-state index is 13.6. The van der Waals surface area contributed by atoms with Gasteiger partial charge in [-0.05, 0) is 54.4 Å². The zero-order valence-corrected chi connectivity index (χ0v) is 13.7. The van der Waals surface area contributed by atoms with Crippen LogP contribution in [0.15, 0.2) is 78.9 Å². The van der Waals surface area contributed by atoms with Gasteiger partial charge in [0, 0.05) is 23.5 Å². The van der Waals surface area contributed by atoms with E-state index in [1.165, 1.54) is 6.07 Å². The van der Waals surface area contributed by atoms with E-state index < -0.39 is 0 Å². The lowest BCUT2D eigenvalue weighted by molar-refractivity contribution is 0.102. The molecule has 0 heterocycles. The Bertz CT molecular complexity index is 832. The summed E-state index contributed by atoms with van der Waals surface area (Å²) in [6.07, 6.45) is 0.610. The van der Waals surface area contributed by atoms with Crippen LogP contribution in [0.1, 0.15) is 15.9 Å². The molecule has 0 saturated carbocycles. The third-order valence-electron chi connectivity index (χ3n) is 3.86. The van der Waals surface area contributed by atoms with Crippen LogP contribution in [0.25, 0.3) is 0 Å². The first-order valence-corrected chi connectivity index (χ1v) is 8.16. The highest BCUT2D eigenvalue weighted by Gasteiger charge is 2.05. The molecule has 0 saturated heterocycles. The summed E-state index contributed by atoms with van der Waals surface area (Å²) >= 11 is 0. The van der Waals surface area contributed by atoms with Crippen LogP contribution in [0, 0.1) is 5.82 Å². The molecule has 0 radical (unpaired) electrons. The topological polar surface area (TPSA) is 41.1 Å². The zero-order valence-electron chi connectivity index (χ0n) is 13.7. The lowest BCUT2D eigenvalue weighted by Crippen LogP contribution is -2.11. The number of anilines is 2. The standard InChI is InChI=1S/C21H19FN2O/c22-20-9-5-4-6-16(20)14-15-23-18-10-12-19(13-11-18)24-21(25)17-7-2-1-3-8-17/h1-13,23H,14-15H2,(H,24,25). The Hall–Kier alpha value is -3.14. The summed E-state index contributed by atoms with van der Waals surface area (Å²) in [5, 5.41) is 6.11. The van der Waals surface area contributed by atoms with Crippen LogP contribution in [-0.2, 0) is 6.42 Å². The van der Waals surface area contributed by atoms with E-state index in [0.29, 0.717) is 24.1 Å². The molecule has 0 aliphatic heterocycles. The quantitative estimate of drug-likeness (QED) is 0.684. The van der Waals surface area contributed by atoms with E-state index >= 15 is 0 Å². The number of halogens is 1. The normalized spacial score (nSPS) is 10.3. The van der Waals surface area contributed by atoms with Crippen molar-refractivity contribution in [2.75, 3.05) is 17.2 Å². The average molecular weight is 334 g/mol. The van der Waals surface area contributed by atoms with Crippen molar-refractivity contribution in [3.63, 3.8) is 0 Å². The van der Waals surface area contributed by atoms with E-state index in [1.807, 2.05) is 48.5 Å². The molecule has 4 heteroatoms. The van der Waals surface area contributed by atoms with Crippen LogP contribution in [0.3, 0.4) is 0 Å². The molecule has 1 amide bonds. The van der Waals surface area contributed by atoms with E-state index in [1.54, 1.807) is 24.3 Å². The maximum Gasteiger partial charge on any atom is 0.255 e. The summed E-state index contributed by atoms with van der Waals surface area (Å²) in [6.45, 7) is 0.636. The van der Waals surface area contributed by atoms with Gasteiger partial charge in [0.05, 0.1) is 0 Å². The van der Waals surface area contributed by atoms with E-state index in [9.17, 15) is 9.18 Å². The highest BCUT2D eigenvalue weighted by atomic mass is 19.1. The highest BCUT2D eigenvalue weighted by Crippen LogP contribution is 2.15. The molecule has 3 aromatic rings. The minimum atomic E-state index is -0.178. The zero-order chi connectivity index (χ0) is 17.5. The van der Waals surface area contributed by atoms with Gasteiger partial charge in [0.2, 0.25) is 0 Å².